The number of methoxy groups -OCH3 is 1. The standard InChI is InChI=1S/C14H18O8/c1-20-9-4-7(5-15)2-3-8(9)21-14-13(19)12(18)11(17)10(6-16)22-14/h2-5,10-14,16-19H,6H2,1H3/t10-,11-,12+,13-,14-/m1/s1. The van der Waals surface area contributed by atoms with Gasteiger partial charge in [0.15, 0.2) is 11.5 Å². The Morgan fingerprint density at radius 3 is 2.50 bits per heavy atom. The molecule has 1 aliphatic rings. The minimum Gasteiger partial charge on any atom is -0.493 e. The zero-order valence-electron chi connectivity index (χ0n) is 11.8. The van der Waals surface area contributed by atoms with Crippen LogP contribution in [0.1, 0.15) is 10.4 Å². The highest BCUT2D eigenvalue weighted by Gasteiger charge is 2.44. The van der Waals surface area contributed by atoms with Crippen LogP contribution in [0.2, 0.25) is 0 Å². The molecule has 0 bridgehead atoms. The Kier molecular flexibility index (Phi) is 5.33. The predicted octanol–water partition coefficient (Wildman–Crippen LogP) is -1.31. The van der Waals surface area contributed by atoms with Crippen molar-refractivity contribution in [3.8, 4) is 11.5 Å². The van der Waals surface area contributed by atoms with E-state index in [2.05, 4.69) is 0 Å². The lowest BCUT2D eigenvalue weighted by atomic mass is 9.99. The molecule has 0 amide bonds. The van der Waals surface area contributed by atoms with Crippen LogP contribution >= 0.6 is 0 Å². The van der Waals surface area contributed by atoms with Crippen molar-refractivity contribution in [2.45, 2.75) is 30.7 Å². The molecule has 1 aromatic carbocycles. The minimum absolute atomic E-state index is 0.178. The average Bonchev–Trinajstić information content (AvgIpc) is 2.55. The molecule has 0 aliphatic carbocycles. The van der Waals surface area contributed by atoms with Gasteiger partial charge in [0.05, 0.1) is 13.7 Å². The summed E-state index contributed by atoms with van der Waals surface area (Å²) in [5.41, 5.74) is 0.373. The van der Waals surface area contributed by atoms with Gasteiger partial charge in [0, 0.05) is 5.56 Å². The molecule has 8 nitrogen and oxygen atoms in total. The maximum absolute atomic E-state index is 10.7. The fourth-order valence-electron chi connectivity index (χ4n) is 2.14. The molecule has 2 rings (SSSR count). The molecular weight excluding hydrogens is 296 g/mol. The summed E-state index contributed by atoms with van der Waals surface area (Å²) in [4.78, 5) is 10.7. The molecule has 0 saturated carbocycles. The molecule has 0 radical (unpaired) electrons. The molecule has 1 aromatic rings. The van der Waals surface area contributed by atoms with Crippen LogP contribution in [0.3, 0.4) is 0 Å². The van der Waals surface area contributed by atoms with E-state index in [-0.39, 0.29) is 11.5 Å². The van der Waals surface area contributed by atoms with E-state index >= 15 is 0 Å². The summed E-state index contributed by atoms with van der Waals surface area (Å²) < 4.78 is 15.8. The highest BCUT2D eigenvalue weighted by Crippen LogP contribution is 2.31. The van der Waals surface area contributed by atoms with E-state index in [1.54, 1.807) is 0 Å². The summed E-state index contributed by atoms with van der Waals surface area (Å²) in [5.74, 6) is 0.416. The fraction of sp³-hybridized carbons (Fsp3) is 0.500. The highest BCUT2D eigenvalue weighted by atomic mass is 16.7. The second kappa shape index (κ2) is 7.03. The minimum atomic E-state index is -1.53. The Labute approximate surface area is 126 Å². The SMILES string of the molecule is COc1cc(C=O)ccc1O[C@@H]1O[C@H](CO)[C@@H](O)[C@H](O)[C@H]1O. The topological polar surface area (TPSA) is 126 Å². The van der Waals surface area contributed by atoms with Gasteiger partial charge in [-0.1, -0.05) is 0 Å². The number of hydrogen-bond donors (Lipinski definition) is 4. The van der Waals surface area contributed by atoms with Crippen molar-refractivity contribution in [1.82, 2.24) is 0 Å². The normalized spacial score (nSPS) is 31.6. The van der Waals surface area contributed by atoms with Gasteiger partial charge < -0.3 is 34.6 Å². The van der Waals surface area contributed by atoms with Gasteiger partial charge in [-0.15, -0.1) is 0 Å². The third kappa shape index (κ3) is 3.21. The Bertz CT molecular complexity index is 518. The molecule has 1 aliphatic heterocycles. The van der Waals surface area contributed by atoms with Crippen LogP contribution in [-0.4, -0.2) is 71.1 Å². The first kappa shape index (κ1) is 16.7. The number of aliphatic hydroxyl groups excluding tert-OH is 4. The Hall–Kier alpha value is -1.71. The van der Waals surface area contributed by atoms with Gasteiger partial charge in [0.2, 0.25) is 6.29 Å². The summed E-state index contributed by atoms with van der Waals surface area (Å²) in [6.07, 6.45) is -6.25. The van der Waals surface area contributed by atoms with Gasteiger partial charge >= 0.3 is 0 Å². The lowest BCUT2D eigenvalue weighted by Gasteiger charge is -2.39. The second-order valence-electron chi connectivity index (χ2n) is 4.84. The maximum Gasteiger partial charge on any atom is 0.229 e. The molecule has 0 unspecified atom stereocenters. The number of aliphatic hydroxyl groups is 4. The maximum atomic E-state index is 10.7. The Morgan fingerprint density at radius 1 is 1.18 bits per heavy atom. The highest BCUT2D eigenvalue weighted by molar-refractivity contribution is 5.76. The van der Waals surface area contributed by atoms with Crippen molar-refractivity contribution < 1.29 is 39.4 Å². The molecule has 0 aromatic heterocycles. The van der Waals surface area contributed by atoms with Crippen LogP contribution in [0.25, 0.3) is 0 Å². The number of aldehydes is 1. The third-order valence-electron chi connectivity index (χ3n) is 3.42. The van der Waals surface area contributed by atoms with Crippen molar-refractivity contribution in [2.75, 3.05) is 13.7 Å². The number of ether oxygens (including phenoxy) is 3. The van der Waals surface area contributed by atoms with Gasteiger partial charge in [0.25, 0.3) is 0 Å². The van der Waals surface area contributed by atoms with Crippen molar-refractivity contribution in [3.05, 3.63) is 23.8 Å². The van der Waals surface area contributed by atoms with Crippen molar-refractivity contribution in [2.24, 2.45) is 0 Å². The van der Waals surface area contributed by atoms with E-state index in [4.69, 9.17) is 19.3 Å². The van der Waals surface area contributed by atoms with Crippen LogP contribution in [-0.2, 0) is 4.74 Å². The van der Waals surface area contributed by atoms with Gasteiger partial charge in [-0.3, -0.25) is 4.79 Å². The van der Waals surface area contributed by atoms with E-state index in [1.165, 1.54) is 25.3 Å². The molecule has 122 valence electrons. The average molecular weight is 314 g/mol. The van der Waals surface area contributed by atoms with Crippen molar-refractivity contribution in [3.63, 3.8) is 0 Å². The predicted molar refractivity (Wildman–Crippen MR) is 72.8 cm³/mol. The quantitative estimate of drug-likeness (QED) is 0.493. The first-order valence-corrected chi connectivity index (χ1v) is 6.62. The summed E-state index contributed by atoms with van der Waals surface area (Å²) in [5, 5.41) is 38.4. The molecule has 1 heterocycles. The number of benzene rings is 1. The largest absolute Gasteiger partial charge is 0.493 e. The molecule has 0 spiro atoms. The van der Waals surface area contributed by atoms with Gasteiger partial charge in [-0.25, -0.2) is 0 Å². The monoisotopic (exact) mass is 314 g/mol. The summed E-state index contributed by atoms with van der Waals surface area (Å²) >= 11 is 0. The molecule has 8 heteroatoms. The number of carbonyl (C=O) groups excluding carboxylic acids is 1. The number of carbonyl (C=O) groups is 1. The molecule has 5 atom stereocenters. The van der Waals surface area contributed by atoms with E-state index in [0.717, 1.165) is 0 Å². The summed E-state index contributed by atoms with van der Waals surface area (Å²) in [7, 11) is 1.38. The zero-order chi connectivity index (χ0) is 16.3. The molecule has 1 fully saturated rings. The second-order valence-corrected chi connectivity index (χ2v) is 4.84. The van der Waals surface area contributed by atoms with Crippen LogP contribution in [0.5, 0.6) is 11.5 Å². The number of hydrogen-bond acceptors (Lipinski definition) is 8. The first-order valence-electron chi connectivity index (χ1n) is 6.62. The van der Waals surface area contributed by atoms with Gasteiger partial charge in [-0.2, -0.15) is 0 Å². The van der Waals surface area contributed by atoms with E-state index in [9.17, 15) is 20.1 Å². The molecule has 4 N–H and O–H groups in total. The zero-order valence-corrected chi connectivity index (χ0v) is 11.8. The van der Waals surface area contributed by atoms with Gasteiger partial charge in [-0.05, 0) is 18.2 Å². The van der Waals surface area contributed by atoms with Crippen LogP contribution in [0.4, 0.5) is 0 Å². The van der Waals surface area contributed by atoms with Gasteiger partial charge in [0.1, 0.15) is 30.7 Å². The van der Waals surface area contributed by atoms with Crippen molar-refractivity contribution in [1.29, 1.82) is 0 Å². The Balaban J connectivity index is 2.20. The van der Waals surface area contributed by atoms with E-state index in [1.807, 2.05) is 0 Å². The fourth-order valence-corrected chi connectivity index (χ4v) is 2.14. The Morgan fingerprint density at radius 2 is 1.91 bits per heavy atom. The molecular formula is C14H18O8. The van der Waals surface area contributed by atoms with Crippen LogP contribution < -0.4 is 9.47 Å². The van der Waals surface area contributed by atoms with Crippen molar-refractivity contribution >= 4 is 6.29 Å². The molecule has 1 saturated heterocycles. The first-order chi connectivity index (χ1) is 10.5. The number of rotatable bonds is 5. The summed E-state index contributed by atoms with van der Waals surface area (Å²) in [6.45, 7) is -0.550. The van der Waals surface area contributed by atoms with Crippen LogP contribution in [0.15, 0.2) is 18.2 Å². The summed E-state index contributed by atoms with van der Waals surface area (Å²) in [6, 6.07) is 4.37. The smallest absolute Gasteiger partial charge is 0.229 e. The lowest BCUT2D eigenvalue weighted by molar-refractivity contribution is -0.277. The lowest BCUT2D eigenvalue weighted by Crippen LogP contribution is -2.60. The molecule has 22 heavy (non-hydrogen) atoms. The van der Waals surface area contributed by atoms with E-state index in [0.29, 0.717) is 11.8 Å². The van der Waals surface area contributed by atoms with E-state index < -0.39 is 37.3 Å². The third-order valence-corrected chi connectivity index (χ3v) is 3.42. The van der Waals surface area contributed by atoms with Crippen LogP contribution in [0, 0.1) is 0 Å².